The van der Waals surface area contributed by atoms with Gasteiger partial charge in [0.2, 0.25) is 0 Å². The van der Waals surface area contributed by atoms with Gasteiger partial charge >= 0.3 is 0 Å². The van der Waals surface area contributed by atoms with Gasteiger partial charge < -0.3 is 15.6 Å². The van der Waals surface area contributed by atoms with Gasteiger partial charge in [0.25, 0.3) is 0 Å². The number of imidazole rings is 1. The monoisotopic (exact) mass is 565 g/mol. The summed E-state index contributed by atoms with van der Waals surface area (Å²) in [5, 5.41) is 6.66. The predicted molar refractivity (Wildman–Crippen MR) is 188 cm³/mol. The fourth-order valence-corrected chi connectivity index (χ4v) is 3.94. The van der Waals surface area contributed by atoms with Gasteiger partial charge in [0, 0.05) is 28.8 Å². The lowest BCUT2D eigenvalue weighted by molar-refractivity contribution is 0.662. The van der Waals surface area contributed by atoms with E-state index in [1.165, 1.54) is 31.5 Å². The van der Waals surface area contributed by atoms with Crippen LogP contribution in [0.3, 0.4) is 0 Å². The number of aryl methyl sites for hydroxylation is 2. The lowest BCUT2D eigenvalue weighted by atomic mass is 10.1. The Morgan fingerprint density at radius 1 is 0.929 bits per heavy atom. The van der Waals surface area contributed by atoms with Gasteiger partial charge in [-0.2, -0.15) is 0 Å². The van der Waals surface area contributed by atoms with Crippen molar-refractivity contribution >= 4 is 24.6 Å². The quantitative estimate of drug-likeness (QED) is 0.0976. The Hall–Kier alpha value is -4.22. The van der Waals surface area contributed by atoms with Crippen molar-refractivity contribution in [2.45, 2.75) is 60.8 Å². The molecule has 0 bridgehead atoms. The molecule has 0 amide bonds. The van der Waals surface area contributed by atoms with Crippen LogP contribution in [-0.2, 0) is 12.8 Å². The summed E-state index contributed by atoms with van der Waals surface area (Å²) in [4.78, 5) is 12.0. The maximum absolute atomic E-state index is 4.87. The molecule has 0 saturated heterocycles. The Morgan fingerprint density at radius 2 is 1.60 bits per heavy atom. The minimum Gasteiger partial charge on any atom is -0.356 e. The fourth-order valence-electron chi connectivity index (χ4n) is 3.94. The lowest BCUT2D eigenvalue weighted by Gasteiger charge is -2.11. The molecule has 0 aliphatic rings. The van der Waals surface area contributed by atoms with Gasteiger partial charge in [0.1, 0.15) is 5.82 Å². The minimum absolute atomic E-state index is 0. The van der Waals surface area contributed by atoms with E-state index in [2.05, 4.69) is 117 Å². The molecule has 1 heterocycles. The molecule has 3 rings (SSSR count). The number of hydrogen-bond donors (Lipinski definition) is 3. The minimum atomic E-state index is 0. The first-order chi connectivity index (χ1) is 20.0. The van der Waals surface area contributed by atoms with E-state index >= 15 is 0 Å². The molecule has 0 saturated carbocycles. The number of H-pyrrole nitrogens is 1. The van der Waals surface area contributed by atoms with Crippen LogP contribution in [0.15, 0.2) is 102 Å². The number of rotatable bonds is 15. The van der Waals surface area contributed by atoms with Crippen LogP contribution in [0.25, 0.3) is 23.5 Å². The highest BCUT2D eigenvalue weighted by molar-refractivity contribution is 5.68. The standard InChI is InChI=1S/C30H32N4.C6H15N.CH4/c1-6-23-14-18-27(19-15-23)32-22(4)25(7-2)21-29-28(8-3)33-30(34-29)26-16-12-24(13-17-26)11-9-10-20-31-5;1-3-5-7-6-4-2;/h7,9-21,32H,2,4-6,8H2,1,3H3,(H,33,34);7H,3-6H2,1-2H3;1H4/b11-9-,20-10-,25-21+;;. The van der Waals surface area contributed by atoms with Gasteiger partial charge in [-0.1, -0.05) is 103 Å². The Bertz CT molecular complexity index is 1300. The molecule has 1 aromatic heterocycles. The third-order valence-corrected chi connectivity index (χ3v) is 6.31. The Balaban J connectivity index is 0.000000981. The molecule has 0 atom stereocenters. The molecule has 5 nitrogen and oxygen atoms in total. The van der Waals surface area contributed by atoms with Gasteiger partial charge in [-0.05, 0) is 86.5 Å². The number of allylic oxidation sites excluding steroid dienone is 3. The number of aromatic amines is 1. The third kappa shape index (κ3) is 12.1. The van der Waals surface area contributed by atoms with E-state index in [-0.39, 0.29) is 7.43 Å². The smallest absolute Gasteiger partial charge is 0.138 e. The number of hydrogen-bond acceptors (Lipinski definition) is 4. The van der Waals surface area contributed by atoms with E-state index in [0.29, 0.717) is 0 Å². The second kappa shape index (κ2) is 20.6. The normalized spacial score (nSPS) is 11.1. The van der Waals surface area contributed by atoms with Crippen molar-refractivity contribution in [2.24, 2.45) is 4.99 Å². The molecule has 0 fully saturated rings. The van der Waals surface area contributed by atoms with Gasteiger partial charge in [-0.25, -0.2) is 4.98 Å². The Morgan fingerprint density at radius 3 is 2.14 bits per heavy atom. The average Bonchev–Trinajstić information content (AvgIpc) is 3.42. The summed E-state index contributed by atoms with van der Waals surface area (Å²) >= 11 is 0. The van der Waals surface area contributed by atoms with Crippen LogP contribution in [0, 0.1) is 0 Å². The van der Waals surface area contributed by atoms with Crippen molar-refractivity contribution in [3.63, 3.8) is 0 Å². The first-order valence-corrected chi connectivity index (χ1v) is 14.6. The van der Waals surface area contributed by atoms with Gasteiger partial charge in [-0.3, -0.25) is 4.99 Å². The van der Waals surface area contributed by atoms with Gasteiger partial charge in [0.05, 0.1) is 5.69 Å². The van der Waals surface area contributed by atoms with Crippen molar-refractivity contribution < 1.29 is 0 Å². The molecule has 42 heavy (non-hydrogen) atoms. The van der Waals surface area contributed by atoms with Crippen LogP contribution in [0.5, 0.6) is 0 Å². The number of benzene rings is 2. The fraction of sp³-hybridized carbons (Fsp3) is 0.297. The van der Waals surface area contributed by atoms with Crippen LogP contribution in [0.1, 0.15) is 70.5 Å². The van der Waals surface area contributed by atoms with Crippen molar-refractivity contribution in [1.29, 1.82) is 0 Å². The second-order valence-electron chi connectivity index (χ2n) is 9.52. The van der Waals surface area contributed by atoms with E-state index in [0.717, 1.165) is 58.1 Å². The number of nitrogens with one attached hydrogen (secondary N) is 3. The van der Waals surface area contributed by atoms with E-state index in [1.54, 1.807) is 12.3 Å². The van der Waals surface area contributed by atoms with Crippen LogP contribution in [-0.4, -0.2) is 29.8 Å². The van der Waals surface area contributed by atoms with Crippen molar-refractivity contribution in [1.82, 2.24) is 15.3 Å². The lowest BCUT2D eigenvalue weighted by Crippen LogP contribution is -2.14. The first kappa shape index (κ1) is 35.8. The van der Waals surface area contributed by atoms with Gasteiger partial charge in [0.15, 0.2) is 0 Å². The molecule has 0 radical (unpaired) electrons. The topological polar surface area (TPSA) is 65.1 Å². The zero-order chi connectivity index (χ0) is 29.9. The van der Waals surface area contributed by atoms with E-state index in [4.69, 9.17) is 4.98 Å². The largest absolute Gasteiger partial charge is 0.356 e. The SMILES string of the molecule is C.C=C/C(=C\c1nc(-c2ccc(/C=C\C=C/N=C)cc2)[nH]c1CC)C(=C)Nc1ccc(CC)cc1.CCCNCCC. The molecule has 0 aliphatic heterocycles. The molecule has 0 unspecified atom stereocenters. The summed E-state index contributed by atoms with van der Waals surface area (Å²) in [5.41, 5.74) is 8.07. The summed E-state index contributed by atoms with van der Waals surface area (Å²) in [5.74, 6) is 0.839. The maximum atomic E-state index is 4.87. The Labute approximate surface area is 255 Å². The first-order valence-electron chi connectivity index (χ1n) is 14.6. The summed E-state index contributed by atoms with van der Waals surface area (Å²) in [6.07, 6.45) is 15.6. The number of aliphatic imine (C=N–C) groups is 1. The molecule has 3 aromatic rings. The number of aromatic nitrogens is 2. The van der Waals surface area contributed by atoms with Gasteiger partial charge in [-0.15, -0.1) is 0 Å². The molecule has 3 N–H and O–H groups in total. The van der Waals surface area contributed by atoms with Crippen LogP contribution < -0.4 is 10.6 Å². The summed E-state index contributed by atoms with van der Waals surface area (Å²) < 4.78 is 0. The predicted octanol–water partition coefficient (Wildman–Crippen LogP) is 9.66. The zero-order valence-electron chi connectivity index (χ0n) is 25.3. The van der Waals surface area contributed by atoms with Crippen LogP contribution >= 0.6 is 0 Å². The Kier molecular flexibility index (Phi) is 17.6. The van der Waals surface area contributed by atoms with E-state index in [9.17, 15) is 0 Å². The van der Waals surface area contributed by atoms with Crippen molar-refractivity contribution in [2.75, 3.05) is 18.4 Å². The van der Waals surface area contributed by atoms with Crippen LogP contribution in [0.2, 0.25) is 0 Å². The molecular weight excluding hydrogens is 514 g/mol. The molecule has 5 heteroatoms. The molecule has 0 spiro atoms. The third-order valence-electron chi connectivity index (χ3n) is 6.31. The second-order valence-corrected chi connectivity index (χ2v) is 9.52. The van der Waals surface area contributed by atoms with Crippen molar-refractivity contribution in [3.8, 4) is 11.4 Å². The summed E-state index contributed by atoms with van der Waals surface area (Å²) in [7, 11) is 0. The van der Waals surface area contributed by atoms with E-state index < -0.39 is 0 Å². The highest BCUT2D eigenvalue weighted by Gasteiger charge is 2.10. The van der Waals surface area contributed by atoms with Crippen LogP contribution in [0.4, 0.5) is 5.69 Å². The summed E-state index contributed by atoms with van der Waals surface area (Å²) in [6, 6.07) is 16.6. The van der Waals surface area contributed by atoms with Crippen molar-refractivity contribution in [3.05, 3.63) is 120 Å². The average molecular weight is 566 g/mol. The molecule has 0 aliphatic carbocycles. The number of anilines is 1. The number of nitrogens with zero attached hydrogens (tertiary/aromatic N) is 2. The molecule has 2 aromatic carbocycles. The maximum Gasteiger partial charge on any atom is 0.138 e. The highest BCUT2D eigenvalue weighted by atomic mass is 14.9. The summed E-state index contributed by atoms with van der Waals surface area (Å²) in [6.45, 7) is 22.6. The highest BCUT2D eigenvalue weighted by Crippen LogP contribution is 2.24. The molecular formula is C37H51N5. The zero-order valence-corrected chi connectivity index (χ0v) is 25.3. The molecule has 224 valence electrons. The van der Waals surface area contributed by atoms with E-state index in [1.807, 2.05) is 24.3 Å².